The Labute approximate surface area is 146 Å². The van der Waals surface area contributed by atoms with Crippen molar-refractivity contribution in [2.75, 3.05) is 26.9 Å². The van der Waals surface area contributed by atoms with E-state index in [-0.39, 0.29) is 6.10 Å². The van der Waals surface area contributed by atoms with Crippen LogP contribution in [0.15, 0.2) is 23.3 Å². The Morgan fingerprint density at radius 2 is 2.20 bits per heavy atom. The number of carbonyl (C=O) groups excluding carboxylic acids is 2. The average molecular weight is 349 g/mol. The molecule has 0 radical (unpaired) electrons. The molecule has 1 aliphatic rings. The van der Waals surface area contributed by atoms with E-state index in [1.54, 1.807) is 25.3 Å². The van der Waals surface area contributed by atoms with Crippen molar-refractivity contribution < 1.29 is 23.8 Å². The van der Waals surface area contributed by atoms with Crippen LogP contribution in [0.25, 0.3) is 0 Å². The Morgan fingerprint density at radius 1 is 1.36 bits per heavy atom. The molecule has 0 saturated carbocycles. The number of hydrogen-bond acceptors (Lipinski definition) is 6. The summed E-state index contributed by atoms with van der Waals surface area (Å²) in [6, 6.07) is 5.23. The number of ether oxygens (including phenoxy) is 3. The Hall–Kier alpha value is -2.61. The molecular formula is C17H23N3O5. The molecular weight excluding hydrogens is 326 g/mol. The van der Waals surface area contributed by atoms with E-state index in [1.807, 2.05) is 6.92 Å². The van der Waals surface area contributed by atoms with Gasteiger partial charge in [-0.2, -0.15) is 5.10 Å². The Morgan fingerprint density at radius 3 is 2.88 bits per heavy atom. The van der Waals surface area contributed by atoms with Crippen LogP contribution in [0.2, 0.25) is 0 Å². The van der Waals surface area contributed by atoms with Crippen LogP contribution in [-0.4, -0.2) is 51.0 Å². The van der Waals surface area contributed by atoms with Gasteiger partial charge in [-0.3, -0.25) is 9.59 Å². The molecule has 2 amide bonds. The molecule has 8 nitrogen and oxygen atoms in total. The summed E-state index contributed by atoms with van der Waals surface area (Å²) < 4.78 is 16.0. The van der Waals surface area contributed by atoms with Crippen LogP contribution in [0, 0.1) is 0 Å². The van der Waals surface area contributed by atoms with Crippen molar-refractivity contribution in [3.63, 3.8) is 0 Å². The van der Waals surface area contributed by atoms with Gasteiger partial charge in [0, 0.05) is 13.2 Å². The van der Waals surface area contributed by atoms with Gasteiger partial charge in [0.25, 0.3) is 0 Å². The van der Waals surface area contributed by atoms with Crippen molar-refractivity contribution in [1.82, 2.24) is 10.7 Å². The SMILES string of the molecule is CCOc1cc(/C=N\NC(=O)C(=O)NC[C@@H]2CCCO2)ccc1OC. The zero-order valence-electron chi connectivity index (χ0n) is 14.4. The molecule has 1 saturated heterocycles. The number of hydrogen-bond donors (Lipinski definition) is 2. The first-order valence-corrected chi connectivity index (χ1v) is 8.17. The summed E-state index contributed by atoms with van der Waals surface area (Å²) >= 11 is 0. The Balaban J connectivity index is 1.83. The Kier molecular flexibility index (Phi) is 7.21. The molecule has 0 spiro atoms. The molecule has 2 N–H and O–H groups in total. The number of methoxy groups -OCH3 is 1. The van der Waals surface area contributed by atoms with E-state index in [9.17, 15) is 9.59 Å². The van der Waals surface area contributed by atoms with E-state index in [0.29, 0.717) is 36.8 Å². The predicted octanol–water partition coefficient (Wildman–Crippen LogP) is 0.839. The monoisotopic (exact) mass is 349 g/mol. The third-order valence-corrected chi connectivity index (χ3v) is 3.59. The molecule has 25 heavy (non-hydrogen) atoms. The number of nitrogens with one attached hydrogen (secondary N) is 2. The van der Waals surface area contributed by atoms with E-state index in [0.717, 1.165) is 12.8 Å². The number of rotatable bonds is 7. The fourth-order valence-electron chi connectivity index (χ4n) is 2.35. The molecule has 1 aromatic rings. The molecule has 0 unspecified atom stereocenters. The standard InChI is InChI=1S/C17H23N3O5/c1-3-24-15-9-12(6-7-14(15)23-2)10-19-20-17(22)16(21)18-11-13-5-4-8-25-13/h6-7,9-10,13H,3-5,8,11H2,1-2H3,(H,18,21)(H,20,22)/b19-10-/t13-/m0/s1. The maximum atomic E-state index is 11.7. The minimum absolute atomic E-state index is 0.0171. The molecule has 0 aliphatic carbocycles. The summed E-state index contributed by atoms with van der Waals surface area (Å²) in [4.78, 5) is 23.4. The first-order valence-electron chi connectivity index (χ1n) is 8.17. The third-order valence-electron chi connectivity index (χ3n) is 3.59. The fraction of sp³-hybridized carbons (Fsp3) is 0.471. The highest BCUT2D eigenvalue weighted by Gasteiger charge is 2.18. The normalized spacial score (nSPS) is 16.6. The second-order valence-electron chi connectivity index (χ2n) is 5.39. The molecule has 1 aromatic carbocycles. The highest BCUT2D eigenvalue weighted by atomic mass is 16.5. The topological polar surface area (TPSA) is 98.2 Å². The minimum atomic E-state index is -0.826. The number of amides is 2. The molecule has 1 aliphatic heterocycles. The predicted molar refractivity (Wildman–Crippen MR) is 91.9 cm³/mol. The Bertz CT molecular complexity index is 627. The summed E-state index contributed by atoms with van der Waals surface area (Å²) in [5.41, 5.74) is 2.89. The largest absolute Gasteiger partial charge is 0.493 e. The van der Waals surface area contributed by atoms with Crippen molar-refractivity contribution in [3.8, 4) is 11.5 Å². The average Bonchev–Trinajstić information content (AvgIpc) is 3.13. The minimum Gasteiger partial charge on any atom is -0.493 e. The maximum absolute atomic E-state index is 11.7. The molecule has 1 fully saturated rings. The van der Waals surface area contributed by atoms with Crippen molar-refractivity contribution in [1.29, 1.82) is 0 Å². The second-order valence-corrected chi connectivity index (χ2v) is 5.39. The lowest BCUT2D eigenvalue weighted by Gasteiger charge is -2.10. The molecule has 0 aromatic heterocycles. The number of carbonyl (C=O) groups is 2. The van der Waals surface area contributed by atoms with Crippen molar-refractivity contribution >= 4 is 18.0 Å². The molecule has 1 heterocycles. The van der Waals surface area contributed by atoms with Crippen LogP contribution in [-0.2, 0) is 14.3 Å². The molecule has 8 heteroatoms. The molecule has 136 valence electrons. The number of benzene rings is 1. The highest BCUT2D eigenvalue weighted by molar-refractivity contribution is 6.35. The van der Waals surface area contributed by atoms with Crippen LogP contribution >= 0.6 is 0 Å². The zero-order valence-corrected chi connectivity index (χ0v) is 14.4. The summed E-state index contributed by atoms with van der Waals surface area (Å²) in [7, 11) is 1.56. The maximum Gasteiger partial charge on any atom is 0.329 e. The second kappa shape index (κ2) is 9.63. The van der Waals surface area contributed by atoms with Gasteiger partial charge in [-0.15, -0.1) is 0 Å². The quantitative estimate of drug-likeness (QED) is 0.432. The first kappa shape index (κ1) is 18.7. The van der Waals surface area contributed by atoms with Crippen LogP contribution < -0.4 is 20.2 Å². The lowest BCUT2D eigenvalue weighted by atomic mass is 10.2. The van der Waals surface area contributed by atoms with Crippen LogP contribution in [0.4, 0.5) is 0 Å². The zero-order chi connectivity index (χ0) is 18.1. The lowest BCUT2D eigenvalue weighted by Crippen LogP contribution is -2.41. The fourth-order valence-corrected chi connectivity index (χ4v) is 2.35. The summed E-state index contributed by atoms with van der Waals surface area (Å²) in [5.74, 6) is -0.378. The third kappa shape index (κ3) is 5.75. The van der Waals surface area contributed by atoms with Gasteiger partial charge in [-0.25, -0.2) is 5.43 Å². The number of hydrazone groups is 1. The van der Waals surface area contributed by atoms with Crippen LogP contribution in [0.5, 0.6) is 11.5 Å². The van der Waals surface area contributed by atoms with E-state index in [1.165, 1.54) is 6.21 Å². The van der Waals surface area contributed by atoms with Gasteiger partial charge < -0.3 is 19.5 Å². The molecule has 2 rings (SSSR count). The van der Waals surface area contributed by atoms with Crippen LogP contribution in [0.3, 0.4) is 0 Å². The van der Waals surface area contributed by atoms with Gasteiger partial charge in [-0.1, -0.05) is 0 Å². The number of nitrogens with zero attached hydrogens (tertiary/aromatic N) is 1. The van der Waals surface area contributed by atoms with Crippen molar-refractivity contribution in [3.05, 3.63) is 23.8 Å². The van der Waals surface area contributed by atoms with Gasteiger partial charge >= 0.3 is 11.8 Å². The van der Waals surface area contributed by atoms with E-state index < -0.39 is 11.8 Å². The van der Waals surface area contributed by atoms with Gasteiger partial charge in [0.2, 0.25) is 0 Å². The smallest absolute Gasteiger partial charge is 0.329 e. The van der Waals surface area contributed by atoms with E-state index in [2.05, 4.69) is 15.8 Å². The first-order chi connectivity index (χ1) is 12.1. The summed E-state index contributed by atoms with van der Waals surface area (Å²) in [6.45, 7) is 3.39. The van der Waals surface area contributed by atoms with Gasteiger partial charge in [0.05, 0.1) is 26.0 Å². The van der Waals surface area contributed by atoms with Gasteiger partial charge in [-0.05, 0) is 43.5 Å². The van der Waals surface area contributed by atoms with Gasteiger partial charge in [0.1, 0.15) is 0 Å². The molecule has 1 atom stereocenters. The van der Waals surface area contributed by atoms with Crippen LogP contribution in [0.1, 0.15) is 25.3 Å². The van der Waals surface area contributed by atoms with Crippen molar-refractivity contribution in [2.45, 2.75) is 25.9 Å². The summed E-state index contributed by atoms with van der Waals surface area (Å²) in [5, 5.41) is 6.31. The summed E-state index contributed by atoms with van der Waals surface area (Å²) in [6.07, 6.45) is 3.27. The molecule has 0 bridgehead atoms. The van der Waals surface area contributed by atoms with E-state index in [4.69, 9.17) is 14.2 Å². The highest BCUT2D eigenvalue weighted by Crippen LogP contribution is 2.27. The van der Waals surface area contributed by atoms with E-state index >= 15 is 0 Å². The lowest BCUT2D eigenvalue weighted by molar-refractivity contribution is -0.139. The van der Waals surface area contributed by atoms with Crippen molar-refractivity contribution in [2.24, 2.45) is 5.10 Å². The van der Waals surface area contributed by atoms with Gasteiger partial charge in [0.15, 0.2) is 11.5 Å².